The van der Waals surface area contributed by atoms with E-state index < -0.39 is 10.0 Å². The quantitative estimate of drug-likeness (QED) is 0.607. The molecule has 0 bridgehead atoms. The fourth-order valence-electron chi connectivity index (χ4n) is 2.17. The number of aromatic nitrogens is 4. The van der Waals surface area contributed by atoms with Gasteiger partial charge in [0.1, 0.15) is 11.4 Å². The molecule has 0 amide bonds. The first-order valence-electron chi connectivity index (χ1n) is 7.34. The number of aryl methyl sites for hydroxylation is 1. The van der Waals surface area contributed by atoms with Gasteiger partial charge < -0.3 is 10.7 Å². The predicted octanol–water partition coefficient (Wildman–Crippen LogP) is 1.55. The molecular formula is C16H22N6O2S. The van der Waals surface area contributed by atoms with Crippen LogP contribution in [0.3, 0.4) is 0 Å². The summed E-state index contributed by atoms with van der Waals surface area (Å²) in [7, 11) is -3.28. The zero-order chi connectivity index (χ0) is 18.0. The molecule has 9 heteroatoms. The summed E-state index contributed by atoms with van der Waals surface area (Å²) >= 11 is 0. The second kappa shape index (κ2) is 6.51. The van der Waals surface area contributed by atoms with Gasteiger partial charge in [-0.1, -0.05) is 12.0 Å². The number of fused-ring (bicyclic) bond motifs is 1. The van der Waals surface area contributed by atoms with Crippen LogP contribution >= 0.6 is 0 Å². The summed E-state index contributed by atoms with van der Waals surface area (Å²) in [6, 6.07) is 5.86. The number of hydrogen-bond acceptors (Lipinski definition) is 6. The highest BCUT2D eigenvalue weighted by Gasteiger charge is 2.12. The number of hydrogen-bond donors (Lipinski definition) is 3. The van der Waals surface area contributed by atoms with Crippen LogP contribution in [0.2, 0.25) is 0 Å². The molecule has 1 aromatic carbocycles. The lowest BCUT2D eigenvalue weighted by atomic mass is 10.2. The fraction of sp³-hybridized carbons (Fsp3) is 0.188. The Hall–Kier alpha value is -2.96. The van der Waals surface area contributed by atoms with E-state index in [1.807, 2.05) is 25.1 Å². The molecule has 0 saturated heterocycles. The van der Waals surface area contributed by atoms with Crippen LogP contribution in [-0.4, -0.2) is 41.2 Å². The van der Waals surface area contributed by atoms with E-state index in [0.29, 0.717) is 17.2 Å². The van der Waals surface area contributed by atoms with Gasteiger partial charge >= 0.3 is 0 Å². The van der Waals surface area contributed by atoms with Crippen LogP contribution in [0.25, 0.3) is 22.6 Å². The molecule has 0 radical (unpaired) electrons. The second-order valence-electron chi connectivity index (χ2n) is 5.49. The number of nitrogens with zero attached hydrogens (tertiary/aromatic N) is 3. The summed E-state index contributed by atoms with van der Waals surface area (Å²) in [6.45, 7) is 1.99. The van der Waals surface area contributed by atoms with E-state index in [0.717, 1.165) is 22.9 Å². The molecule has 3 aromatic rings. The Kier molecular flexibility index (Phi) is 4.39. The first-order valence-corrected chi connectivity index (χ1v) is 9.24. The number of nitrogens with one attached hydrogen (secondary N) is 2. The van der Waals surface area contributed by atoms with Gasteiger partial charge in [-0.3, -0.25) is 0 Å². The van der Waals surface area contributed by atoms with Crippen molar-refractivity contribution < 1.29 is 12.7 Å². The molecule has 0 atom stereocenters. The van der Waals surface area contributed by atoms with Crippen LogP contribution in [0.4, 0.5) is 5.82 Å². The van der Waals surface area contributed by atoms with Crippen molar-refractivity contribution in [2.75, 3.05) is 18.5 Å². The van der Waals surface area contributed by atoms with E-state index in [9.17, 15) is 8.42 Å². The fourth-order valence-corrected chi connectivity index (χ4v) is 2.50. The summed E-state index contributed by atoms with van der Waals surface area (Å²) in [6.07, 6.45) is 2.50. The molecule has 25 heavy (non-hydrogen) atoms. The number of sulfonamides is 1. The van der Waals surface area contributed by atoms with Crippen LogP contribution in [-0.2, 0) is 10.0 Å². The van der Waals surface area contributed by atoms with E-state index in [1.54, 1.807) is 0 Å². The first-order chi connectivity index (χ1) is 11.8. The van der Waals surface area contributed by atoms with Gasteiger partial charge in [0.25, 0.3) is 0 Å². The SMILES string of the molecule is Cc1ccc2nc(-c3nc(C#CCNS(C)(=O)=O)cnc3N)[nH]c2c1.[HH].[HH].[HH]. The van der Waals surface area contributed by atoms with Gasteiger partial charge in [-0.2, -0.15) is 0 Å². The molecule has 0 aliphatic heterocycles. The number of rotatable bonds is 3. The van der Waals surface area contributed by atoms with Gasteiger partial charge in [-0.25, -0.2) is 28.1 Å². The van der Waals surface area contributed by atoms with Crippen molar-refractivity contribution in [3.63, 3.8) is 0 Å². The Bertz CT molecular complexity index is 1120. The smallest absolute Gasteiger partial charge is 0.209 e. The third kappa shape index (κ3) is 4.12. The molecule has 2 heterocycles. The summed E-state index contributed by atoms with van der Waals surface area (Å²) in [5.41, 5.74) is 9.47. The van der Waals surface area contributed by atoms with Gasteiger partial charge in [0.2, 0.25) is 10.0 Å². The summed E-state index contributed by atoms with van der Waals surface area (Å²) in [4.78, 5) is 16.1. The van der Waals surface area contributed by atoms with Gasteiger partial charge in [0.15, 0.2) is 11.6 Å². The molecule has 0 unspecified atom stereocenters. The van der Waals surface area contributed by atoms with Gasteiger partial charge in [-0.15, -0.1) is 0 Å². The van der Waals surface area contributed by atoms with Crippen LogP contribution in [0.5, 0.6) is 0 Å². The maximum atomic E-state index is 11.0. The molecule has 134 valence electrons. The van der Waals surface area contributed by atoms with Crippen molar-refractivity contribution in [3.8, 4) is 23.4 Å². The monoisotopic (exact) mass is 362 g/mol. The molecule has 2 aromatic heterocycles. The van der Waals surface area contributed by atoms with Gasteiger partial charge in [0, 0.05) is 4.28 Å². The number of imidazole rings is 1. The maximum Gasteiger partial charge on any atom is 0.209 e. The average Bonchev–Trinajstić information content (AvgIpc) is 2.94. The number of aromatic amines is 1. The minimum Gasteiger partial charge on any atom is -0.382 e. The molecule has 0 fully saturated rings. The molecule has 0 aliphatic rings. The standard InChI is InChI=1S/C16H16N6O2S.3H2/c1-10-5-6-12-13(8-10)22-16(21-12)14-15(17)18-9-11(20-14)4-3-7-19-25(2,23)24;;;/h5-6,8-9,19H,7H2,1-2H3,(H2,17,18)(H,21,22);3*1H. The molecular weight excluding hydrogens is 340 g/mol. The molecule has 0 spiro atoms. The lowest BCUT2D eigenvalue weighted by Gasteiger charge is -2.01. The summed E-state index contributed by atoms with van der Waals surface area (Å²) in [5.74, 6) is 6.16. The number of nitrogen functional groups attached to an aromatic ring is 1. The average molecular weight is 362 g/mol. The Labute approximate surface area is 149 Å². The lowest BCUT2D eigenvalue weighted by molar-refractivity contribution is 0.592. The van der Waals surface area contributed by atoms with Crippen molar-refractivity contribution in [3.05, 3.63) is 35.7 Å². The number of H-pyrrole nitrogens is 1. The Morgan fingerprint density at radius 2 is 2.16 bits per heavy atom. The third-order valence-corrected chi connectivity index (χ3v) is 3.97. The van der Waals surface area contributed by atoms with E-state index in [4.69, 9.17) is 5.73 Å². The van der Waals surface area contributed by atoms with Crippen molar-refractivity contribution >= 4 is 26.9 Å². The zero-order valence-electron chi connectivity index (χ0n) is 13.7. The highest BCUT2D eigenvalue weighted by molar-refractivity contribution is 7.88. The first kappa shape index (κ1) is 16.9. The van der Waals surface area contributed by atoms with Crippen LogP contribution in [0.1, 0.15) is 15.5 Å². The molecule has 0 aliphatic carbocycles. The minimum absolute atomic E-state index is 0. The van der Waals surface area contributed by atoms with E-state index in [2.05, 4.69) is 36.5 Å². The molecule has 0 saturated carbocycles. The largest absolute Gasteiger partial charge is 0.382 e. The normalized spacial score (nSPS) is 11.3. The van der Waals surface area contributed by atoms with Gasteiger partial charge in [0.05, 0.1) is 30.0 Å². The van der Waals surface area contributed by atoms with E-state index in [1.165, 1.54) is 6.20 Å². The zero-order valence-corrected chi connectivity index (χ0v) is 14.5. The highest BCUT2D eigenvalue weighted by Crippen LogP contribution is 2.23. The lowest BCUT2D eigenvalue weighted by Crippen LogP contribution is -2.21. The summed E-state index contributed by atoms with van der Waals surface area (Å²) < 4.78 is 24.3. The van der Waals surface area contributed by atoms with Crippen molar-refractivity contribution in [2.24, 2.45) is 0 Å². The Balaban J connectivity index is 0.00000243. The van der Waals surface area contributed by atoms with Crippen molar-refractivity contribution in [1.82, 2.24) is 24.7 Å². The van der Waals surface area contributed by atoms with Gasteiger partial charge in [-0.05, 0) is 30.5 Å². The Morgan fingerprint density at radius 3 is 2.92 bits per heavy atom. The highest BCUT2D eigenvalue weighted by atomic mass is 32.2. The summed E-state index contributed by atoms with van der Waals surface area (Å²) in [5, 5.41) is 0. The molecule has 8 nitrogen and oxygen atoms in total. The number of anilines is 1. The van der Waals surface area contributed by atoms with E-state index in [-0.39, 0.29) is 16.6 Å². The van der Waals surface area contributed by atoms with Crippen molar-refractivity contribution in [2.45, 2.75) is 6.92 Å². The third-order valence-electron chi connectivity index (χ3n) is 3.30. The molecule has 3 rings (SSSR count). The van der Waals surface area contributed by atoms with Crippen molar-refractivity contribution in [1.29, 1.82) is 0 Å². The minimum atomic E-state index is -3.28. The second-order valence-corrected chi connectivity index (χ2v) is 7.32. The predicted molar refractivity (Wildman–Crippen MR) is 102 cm³/mol. The number of nitrogens with two attached hydrogens (primary N) is 1. The van der Waals surface area contributed by atoms with Crippen LogP contribution in [0, 0.1) is 18.8 Å². The topological polar surface area (TPSA) is 127 Å². The van der Waals surface area contributed by atoms with Crippen LogP contribution in [0.15, 0.2) is 24.4 Å². The van der Waals surface area contributed by atoms with E-state index >= 15 is 0 Å². The molecule has 4 N–H and O–H groups in total. The Morgan fingerprint density at radius 1 is 1.36 bits per heavy atom. The number of benzene rings is 1. The maximum absolute atomic E-state index is 11.0. The van der Waals surface area contributed by atoms with Crippen LogP contribution < -0.4 is 10.5 Å².